The molecule has 1 amide bonds. The zero-order chi connectivity index (χ0) is 16.7. The van der Waals surface area contributed by atoms with Crippen molar-refractivity contribution in [3.8, 4) is 0 Å². The maximum atomic E-state index is 11.9. The van der Waals surface area contributed by atoms with E-state index >= 15 is 0 Å². The van der Waals surface area contributed by atoms with Crippen molar-refractivity contribution in [1.82, 2.24) is 0 Å². The van der Waals surface area contributed by atoms with Crippen molar-refractivity contribution in [1.29, 1.82) is 0 Å². The summed E-state index contributed by atoms with van der Waals surface area (Å²) < 4.78 is 4.82. The summed E-state index contributed by atoms with van der Waals surface area (Å²) >= 11 is 7.39. The van der Waals surface area contributed by atoms with Crippen LogP contribution >= 0.6 is 23.4 Å². The number of ether oxygens (including phenoxy) is 1. The molecule has 0 atom stereocenters. The molecule has 6 heteroatoms. The van der Waals surface area contributed by atoms with Crippen LogP contribution in [0.1, 0.15) is 13.3 Å². The van der Waals surface area contributed by atoms with Gasteiger partial charge in [-0.3, -0.25) is 9.59 Å². The molecule has 0 heterocycles. The van der Waals surface area contributed by atoms with Crippen molar-refractivity contribution in [3.05, 3.63) is 53.6 Å². The number of amides is 1. The summed E-state index contributed by atoms with van der Waals surface area (Å²) in [6.45, 7) is 1.39. The highest BCUT2D eigenvalue weighted by molar-refractivity contribution is 7.99. The lowest BCUT2D eigenvalue weighted by atomic mass is 10.3. The Morgan fingerprint density at radius 3 is 2.52 bits per heavy atom. The fourth-order valence-corrected chi connectivity index (χ4v) is 2.75. The Labute approximate surface area is 144 Å². The highest BCUT2D eigenvalue weighted by Gasteiger charge is 2.10. The topological polar surface area (TPSA) is 55.4 Å². The van der Waals surface area contributed by atoms with Gasteiger partial charge >= 0.3 is 5.97 Å². The molecular weight excluding hydrogens is 334 g/mol. The van der Waals surface area contributed by atoms with E-state index in [0.717, 1.165) is 9.79 Å². The molecule has 2 aromatic rings. The molecule has 2 aromatic carbocycles. The van der Waals surface area contributed by atoms with Gasteiger partial charge in [0.25, 0.3) is 5.91 Å². The number of rotatable bonds is 6. The standard InChI is InChI=1S/C17H16ClNO3S/c1-2-17(21)22-11-16(20)19-14-5-3-4-6-15(14)23-13-9-7-12(18)8-10-13/h3-10H,2,11H2,1H3,(H,19,20). The van der Waals surface area contributed by atoms with E-state index in [1.54, 1.807) is 13.0 Å². The Morgan fingerprint density at radius 1 is 1.13 bits per heavy atom. The van der Waals surface area contributed by atoms with Crippen LogP contribution in [0.2, 0.25) is 5.02 Å². The van der Waals surface area contributed by atoms with Crippen LogP contribution in [-0.4, -0.2) is 18.5 Å². The largest absolute Gasteiger partial charge is 0.456 e. The summed E-state index contributed by atoms with van der Waals surface area (Å²) in [6.07, 6.45) is 0.246. The molecule has 0 aliphatic carbocycles. The molecular formula is C17H16ClNO3S. The monoisotopic (exact) mass is 349 g/mol. The van der Waals surface area contributed by atoms with Gasteiger partial charge in [0, 0.05) is 21.2 Å². The maximum Gasteiger partial charge on any atom is 0.306 e. The summed E-state index contributed by atoms with van der Waals surface area (Å²) in [5.74, 6) is -0.764. The maximum absolute atomic E-state index is 11.9. The van der Waals surface area contributed by atoms with E-state index in [1.807, 2.05) is 42.5 Å². The van der Waals surface area contributed by atoms with E-state index in [0.29, 0.717) is 10.7 Å². The third-order valence-corrected chi connectivity index (χ3v) is 4.19. The van der Waals surface area contributed by atoms with Crippen LogP contribution in [0.15, 0.2) is 58.3 Å². The zero-order valence-corrected chi connectivity index (χ0v) is 14.1. The van der Waals surface area contributed by atoms with E-state index < -0.39 is 5.97 Å². The van der Waals surface area contributed by atoms with Gasteiger partial charge in [-0.05, 0) is 36.4 Å². The average molecular weight is 350 g/mol. The van der Waals surface area contributed by atoms with E-state index in [1.165, 1.54) is 11.8 Å². The molecule has 0 aliphatic heterocycles. The molecule has 0 aromatic heterocycles. The Morgan fingerprint density at radius 2 is 1.83 bits per heavy atom. The van der Waals surface area contributed by atoms with Gasteiger partial charge in [-0.1, -0.05) is 42.4 Å². The number of hydrogen-bond donors (Lipinski definition) is 1. The van der Waals surface area contributed by atoms with Crippen LogP contribution in [0.4, 0.5) is 5.69 Å². The summed E-state index contributed by atoms with van der Waals surface area (Å²) in [7, 11) is 0. The molecule has 0 aliphatic rings. The van der Waals surface area contributed by atoms with Gasteiger partial charge in [-0.25, -0.2) is 0 Å². The number of carbonyl (C=O) groups is 2. The van der Waals surface area contributed by atoms with Crippen LogP contribution in [-0.2, 0) is 14.3 Å². The van der Waals surface area contributed by atoms with Crippen LogP contribution in [0.5, 0.6) is 0 Å². The molecule has 0 saturated heterocycles. The summed E-state index contributed by atoms with van der Waals surface area (Å²) in [4.78, 5) is 24.9. The molecule has 1 N–H and O–H groups in total. The van der Waals surface area contributed by atoms with Crippen molar-refractivity contribution >= 4 is 40.9 Å². The van der Waals surface area contributed by atoms with Crippen molar-refractivity contribution in [2.24, 2.45) is 0 Å². The van der Waals surface area contributed by atoms with Gasteiger partial charge in [0.1, 0.15) is 0 Å². The van der Waals surface area contributed by atoms with Gasteiger partial charge in [-0.15, -0.1) is 0 Å². The van der Waals surface area contributed by atoms with Gasteiger partial charge in [0.15, 0.2) is 6.61 Å². The molecule has 4 nitrogen and oxygen atoms in total. The van der Waals surface area contributed by atoms with Crippen molar-refractivity contribution in [2.45, 2.75) is 23.1 Å². The number of halogens is 1. The first-order chi connectivity index (χ1) is 11.1. The molecule has 0 bridgehead atoms. The van der Waals surface area contributed by atoms with Crippen molar-refractivity contribution in [2.75, 3.05) is 11.9 Å². The van der Waals surface area contributed by atoms with Gasteiger partial charge in [0.2, 0.25) is 0 Å². The second-order valence-corrected chi connectivity index (χ2v) is 6.17. The molecule has 2 rings (SSSR count). The van der Waals surface area contributed by atoms with E-state index in [9.17, 15) is 9.59 Å². The molecule has 0 unspecified atom stereocenters. The van der Waals surface area contributed by atoms with Crippen LogP contribution in [0.25, 0.3) is 0 Å². The minimum absolute atomic E-state index is 0.246. The number of benzene rings is 2. The minimum Gasteiger partial charge on any atom is -0.456 e. The fourth-order valence-electron chi connectivity index (χ4n) is 1.72. The van der Waals surface area contributed by atoms with E-state index in [4.69, 9.17) is 16.3 Å². The molecule has 0 radical (unpaired) electrons. The number of carbonyl (C=O) groups excluding carboxylic acids is 2. The van der Waals surface area contributed by atoms with Crippen LogP contribution in [0.3, 0.4) is 0 Å². The highest BCUT2D eigenvalue weighted by atomic mass is 35.5. The highest BCUT2D eigenvalue weighted by Crippen LogP contribution is 2.33. The van der Waals surface area contributed by atoms with Crippen molar-refractivity contribution in [3.63, 3.8) is 0 Å². The fraction of sp³-hybridized carbons (Fsp3) is 0.176. The second kappa shape index (κ2) is 8.60. The summed E-state index contributed by atoms with van der Waals surface area (Å²) in [6, 6.07) is 14.9. The van der Waals surface area contributed by atoms with Gasteiger partial charge in [0.05, 0.1) is 5.69 Å². The minimum atomic E-state index is -0.399. The smallest absolute Gasteiger partial charge is 0.306 e. The Kier molecular flexibility index (Phi) is 6.50. The molecule has 120 valence electrons. The lowest BCUT2D eigenvalue weighted by Crippen LogP contribution is -2.20. The third kappa shape index (κ3) is 5.62. The van der Waals surface area contributed by atoms with Gasteiger partial charge < -0.3 is 10.1 Å². The Balaban J connectivity index is 2.03. The normalized spacial score (nSPS) is 10.2. The average Bonchev–Trinajstić information content (AvgIpc) is 2.56. The summed E-state index contributed by atoms with van der Waals surface area (Å²) in [5, 5.41) is 3.43. The second-order valence-electron chi connectivity index (χ2n) is 4.61. The van der Waals surface area contributed by atoms with E-state index in [-0.39, 0.29) is 18.9 Å². The SMILES string of the molecule is CCC(=O)OCC(=O)Nc1ccccc1Sc1ccc(Cl)cc1. The van der Waals surface area contributed by atoms with Crippen LogP contribution in [0, 0.1) is 0 Å². The first-order valence-electron chi connectivity index (χ1n) is 7.06. The number of para-hydroxylation sites is 1. The Hall–Kier alpha value is -1.98. The molecule has 0 saturated carbocycles. The number of anilines is 1. The van der Waals surface area contributed by atoms with Crippen molar-refractivity contribution < 1.29 is 14.3 Å². The lowest BCUT2D eigenvalue weighted by Gasteiger charge is -2.11. The number of hydrogen-bond acceptors (Lipinski definition) is 4. The number of nitrogens with one attached hydrogen (secondary N) is 1. The quantitative estimate of drug-likeness (QED) is 0.786. The first kappa shape index (κ1) is 17.4. The predicted octanol–water partition coefficient (Wildman–Crippen LogP) is 4.38. The van der Waals surface area contributed by atoms with Gasteiger partial charge in [-0.2, -0.15) is 0 Å². The summed E-state index contributed by atoms with van der Waals surface area (Å²) in [5.41, 5.74) is 0.671. The predicted molar refractivity (Wildman–Crippen MR) is 91.9 cm³/mol. The molecule has 0 spiro atoms. The van der Waals surface area contributed by atoms with Crippen LogP contribution < -0.4 is 5.32 Å². The first-order valence-corrected chi connectivity index (χ1v) is 8.26. The zero-order valence-electron chi connectivity index (χ0n) is 12.5. The lowest BCUT2D eigenvalue weighted by molar-refractivity contribution is -0.146. The Bertz CT molecular complexity index is 688. The molecule has 23 heavy (non-hydrogen) atoms. The third-order valence-electron chi connectivity index (χ3n) is 2.86. The molecule has 0 fully saturated rings. The van der Waals surface area contributed by atoms with E-state index in [2.05, 4.69) is 5.32 Å². The number of esters is 1.